The molecule has 6 nitrogen and oxygen atoms in total. The summed E-state index contributed by atoms with van der Waals surface area (Å²) in [7, 11) is -3.55. The van der Waals surface area contributed by atoms with E-state index >= 15 is 0 Å². The standard InChI is InChI=1S/C22H25F3N2O4S/c1-3-27(4-2)32(29,30)20-11-8-17(9-12-20)10-13-21(28)26-15-18-6-5-7-19(14-18)31-16-22(23,24)25/h5-14H,3-4,15-16H2,1-2H3,(H,26,28). The normalized spacial score (nSPS) is 12.3. The van der Waals surface area contributed by atoms with Crippen LogP contribution in [0.1, 0.15) is 25.0 Å². The van der Waals surface area contributed by atoms with Crippen LogP contribution >= 0.6 is 0 Å². The molecule has 0 fully saturated rings. The van der Waals surface area contributed by atoms with Crippen LogP contribution in [0.3, 0.4) is 0 Å². The molecule has 2 aromatic rings. The molecule has 0 aliphatic heterocycles. The largest absolute Gasteiger partial charge is 0.484 e. The first kappa shape index (κ1) is 25.4. The lowest BCUT2D eigenvalue weighted by Gasteiger charge is -2.18. The molecule has 1 N–H and O–H groups in total. The Balaban J connectivity index is 1.93. The second kappa shape index (κ2) is 11.1. The Kier molecular flexibility index (Phi) is 8.85. The molecule has 0 atom stereocenters. The van der Waals surface area contributed by atoms with Crippen molar-refractivity contribution in [1.82, 2.24) is 9.62 Å². The maximum atomic E-state index is 12.5. The maximum absolute atomic E-state index is 12.5. The van der Waals surface area contributed by atoms with E-state index in [1.165, 1.54) is 46.8 Å². The van der Waals surface area contributed by atoms with Crippen LogP contribution in [0.15, 0.2) is 59.5 Å². The second-order valence-corrected chi connectivity index (χ2v) is 8.70. The minimum atomic E-state index is -4.43. The van der Waals surface area contributed by atoms with Gasteiger partial charge in [-0.15, -0.1) is 0 Å². The Morgan fingerprint density at radius 1 is 1.09 bits per heavy atom. The number of amides is 1. The smallest absolute Gasteiger partial charge is 0.422 e. The molecule has 0 aromatic heterocycles. The molecule has 0 radical (unpaired) electrons. The molecule has 10 heteroatoms. The highest BCUT2D eigenvalue weighted by Crippen LogP contribution is 2.19. The fourth-order valence-electron chi connectivity index (χ4n) is 2.79. The van der Waals surface area contributed by atoms with Crippen LogP contribution in [0.25, 0.3) is 6.08 Å². The van der Waals surface area contributed by atoms with E-state index in [1.54, 1.807) is 32.0 Å². The summed E-state index contributed by atoms with van der Waals surface area (Å²) in [6.07, 6.45) is -1.60. The number of carbonyl (C=O) groups excluding carboxylic acids is 1. The van der Waals surface area contributed by atoms with Crippen molar-refractivity contribution in [3.05, 3.63) is 65.7 Å². The van der Waals surface area contributed by atoms with Gasteiger partial charge in [-0.25, -0.2) is 8.42 Å². The molecule has 1 amide bonds. The van der Waals surface area contributed by atoms with E-state index in [0.717, 1.165) is 0 Å². The number of alkyl halides is 3. The average Bonchev–Trinajstić information content (AvgIpc) is 2.75. The van der Waals surface area contributed by atoms with Gasteiger partial charge in [0.2, 0.25) is 15.9 Å². The highest BCUT2D eigenvalue weighted by atomic mass is 32.2. The van der Waals surface area contributed by atoms with Crippen LogP contribution in [0.5, 0.6) is 5.75 Å². The van der Waals surface area contributed by atoms with E-state index < -0.39 is 28.7 Å². The van der Waals surface area contributed by atoms with Crippen LogP contribution in [0, 0.1) is 0 Å². The number of halogens is 3. The Morgan fingerprint density at radius 2 is 1.75 bits per heavy atom. The van der Waals surface area contributed by atoms with Crippen molar-refractivity contribution >= 4 is 22.0 Å². The van der Waals surface area contributed by atoms with Crippen LogP contribution in [-0.2, 0) is 21.4 Å². The van der Waals surface area contributed by atoms with Gasteiger partial charge in [-0.3, -0.25) is 4.79 Å². The minimum absolute atomic E-state index is 0.0596. The lowest BCUT2D eigenvalue weighted by molar-refractivity contribution is -0.153. The maximum Gasteiger partial charge on any atom is 0.422 e. The van der Waals surface area contributed by atoms with Crippen LogP contribution in [0.4, 0.5) is 13.2 Å². The number of sulfonamides is 1. The third-order valence-electron chi connectivity index (χ3n) is 4.42. The Bertz CT molecular complexity index is 1030. The fourth-order valence-corrected chi connectivity index (χ4v) is 4.25. The SMILES string of the molecule is CCN(CC)S(=O)(=O)c1ccc(C=CC(=O)NCc2cccc(OCC(F)(F)F)c2)cc1. The second-order valence-electron chi connectivity index (χ2n) is 6.76. The molecule has 0 saturated heterocycles. The van der Waals surface area contributed by atoms with E-state index in [-0.39, 0.29) is 17.2 Å². The van der Waals surface area contributed by atoms with Gasteiger partial charge in [0.1, 0.15) is 5.75 Å². The number of nitrogens with one attached hydrogen (secondary N) is 1. The van der Waals surface area contributed by atoms with E-state index in [2.05, 4.69) is 10.1 Å². The Labute approximate surface area is 185 Å². The summed E-state index contributed by atoms with van der Waals surface area (Å²) in [5.41, 5.74) is 1.22. The molecule has 0 unspecified atom stereocenters. The van der Waals surface area contributed by atoms with Crippen molar-refractivity contribution in [2.45, 2.75) is 31.5 Å². The number of rotatable bonds is 10. The van der Waals surface area contributed by atoms with Gasteiger partial charge in [0.15, 0.2) is 6.61 Å². The van der Waals surface area contributed by atoms with Gasteiger partial charge >= 0.3 is 6.18 Å². The van der Waals surface area contributed by atoms with E-state index in [9.17, 15) is 26.4 Å². The number of nitrogens with zero attached hydrogens (tertiary/aromatic N) is 1. The molecule has 0 spiro atoms. The van der Waals surface area contributed by atoms with Gasteiger partial charge in [0.05, 0.1) is 4.90 Å². The molecule has 0 bridgehead atoms. The molecular formula is C22H25F3N2O4S. The summed E-state index contributed by atoms with van der Waals surface area (Å²) in [6, 6.07) is 12.2. The van der Waals surface area contributed by atoms with Gasteiger partial charge in [-0.05, 0) is 41.5 Å². The van der Waals surface area contributed by atoms with Crippen LogP contribution in [-0.4, -0.2) is 44.5 Å². The van der Waals surface area contributed by atoms with Crippen molar-refractivity contribution in [1.29, 1.82) is 0 Å². The molecule has 0 aliphatic rings. The Morgan fingerprint density at radius 3 is 2.34 bits per heavy atom. The number of hydrogen-bond donors (Lipinski definition) is 1. The van der Waals surface area contributed by atoms with Crippen LogP contribution in [0.2, 0.25) is 0 Å². The molecule has 0 aliphatic carbocycles. The number of carbonyl (C=O) groups is 1. The summed E-state index contributed by atoms with van der Waals surface area (Å²) in [5, 5.41) is 2.63. The highest BCUT2D eigenvalue weighted by Gasteiger charge is 2.28. The first-order valence-electron chi connectivity index (χ1n) is 9.89. The van der Waals surface area contributed by atoms with Crippen LogP contribution < -0.4 is 10.1 Å². The monoisotopic (exact) mass is 470 g/mol. The van der Waals surface area contributed by atoms with Crippen molar-refractivity contribution in [2.75, 3.05) is 19.7 Å². The summed E-state index contributed by atoms with van der Waals surface area (Å²) in [5.74, 6) is -0.351. The summed E-state index contributed by atoms with van der Waals surface area (Å²) < 4.78 is 67.8. The average molecular weight is 471 g/mol. The lowest BCUT2D eigenvalue weighted by Crippen LogP contribution is -2.30. The molecule has 174 valence electrons. The predicted octanol–water partition coefficient (Wildman–Crippen LogP) is 3.99. The minimum Gasteiger partial charge on any atom is -0.484 e. The predicted molar refractivity (Wildman–Crippen MR) is 115 cm³/mol. The van der Waals surface area contributed by atoms with E-state index in [1.807, 2.05) is 0 Å². The molecule has 0 heterocycles. The molecular weight excluding hydrogens is 445 g/mol. The van der Waals surface area contributed by atoms with Gasteiger partial charge in [0.25, 0.3) is 0 Å². The molecule has 0 saturated carbocycles. The van der Waals surface area contributed by atoms with Crippen molar-refractivity contribution in [3.63, 3.8) is 0 Å². The quantitative estimate of drug-likeness (QED) is 0.533. The number of benzene rings is 2. The lowest BCUT2D eigenvalue weighted by atomic mass is 10.2. The molecule has 2 aromatic carbocycles. The zero-order valence-electron chi connectivity index (χ0n) is 17.7. The number of ether oxygens (including phenoxy) is 1. The topological polar surface area (TPSA) is 75.7 Å². The third-order valence-corrected chi connectivity index (χ3v) is 6.48. The van der Waals surface area contributed by atoms with Crippen molar-refractivity contribution in [2.24, 2.45) is 0 Å². The third kappa shape index (κ3) is 7.69. The summed E-state index contributed by atoms with van der Waals surface area (Å²) in [6.45, 7) is 3.00. The zero-order valence-corrected chi connectivity index (χ0v) is 18.5. The Hall–Kier alpha value is -2.85. The molecule has 32 heavy (non-hydrogen) atoms. The van der Waals surface area contributed by atoms with Gasteiger partial charge in [-0.1, -0.05) is 38.1 Å². The van der Waals surface area contributed by atoms with E-state index in [0.29, 0.717) is 24.2 Å². The van der Waals surface area contributed by atoms with Gasteiger partial charge in [-0.2, -0.15) is 17.5 Å². The first-order valence-corrected chi connectivity index (χ1v) is 11.3. The van der Waals surface area contributed by atoms with Crippen molar-refractivity contribution < 1.29 is 31.1 Å². The van der Waals surface area contributed by atoms with E-state index in [4.69, 9.17) is 0 Å². The summed E-state index contributed by atoms with van der Waals surface area (Å²) in [4.78, 5) is 12.2. The van der Waals surface area contributed by atoms with Gasteiger partial charge < -0.3 is 10.1 Å². The van der Waals surface area contributed by atoms with Gasteiger partial charge in [0, 0.05) is 25.7 Å². The van der Waals surface area contributed by atoms with Crippen molar-refractivity contribution in [3.8, 4) is 5.75 Å². The zero-order chi connectivity index (χ0) is 23.8. The fraction of sp³-hybridized carbons (Fsp3) is 0.318. The highest BCUT2D eigenvalue weighted by molar-refractivity contribution is 7.89. The first-order chi connectivity index (χ1) is 15.0. The summed E-state index contributed by atoms with van der Waals surface area (Å²) >= 11 is 0. The molecule has 2 rings (SSSR count). The number of hydrogen-bond acceptors (Lipinski definition) is 4.